The Kier molecular flexibility index (Phi) is 7.57. The fourth-order valence-corrected chi connectivity index (χ4v) is 6.57. The molecule has 0 radical (unpaired) electrons. The SMILES string of the molecule is CC1(O)[C@@H](O)[C@@H](CO)O[C@H]1n1cc2c3c(ncnc31)NCC=C2.C[C@]1(O)C(n2cc3c4c(ncnc42)NCC=C3)O[C@H](CO)[C@H]1O. The van der Waals surface area contributed by atoms with Gasteiger partial charge in [0.2, 0.25) is 0 Å². The van der Waals surface area contributed by atoms with Gasteiger partial charge in [-0.25, -0.2) is 19.9 Å². The van der Waals surface area contributed by atoms with Crippen molar-refractivity contribution in [3.05, 3.63) is 48.3 Å². The molecular weight excluding hydrogens is 600 g/mol. The van der Waals surface area contributed by atoms with Crippen LogP contribution >= 0.6 is 0 Å². The van der Waals surface area contributed by atoms with Crippen molar-refractivity contribution in [2.24, 2.45) is 0 Å². The molecule has 16 heteroatoms. The number of rotatable bonds is 4. The highest BCUT2D eigenvalue weighted by Gasteiger charge is 2.54. The molecule has 8 N–H and O–H groups in total. The number of nitrogens with one attached hydrogen (secondary N) is 2. The van der Waals surface area contributed by atoms with Gasteiger partial charge in [-0.2, -0.15) is 0 Å². The van der Waals surface area contributed by atoms with Gasteiger partial charge in [-0.05, 0) is 13.8 Å². The number of aliphatic hydroxyl groups is 6. The molecule has 8 heterocycles. The third-order valence-electron chi connectivity index (χ3n) is 9.02. The molecule has 4 aromatic heterocycles. The van der Waals surface area contributed by atoms with E-state index in [1.54, 1.807) is 9.13 Å². The Morgan fingerprint density at radius 2 is 1.15 bits per heavy atom. The van der Waals surface area contributed by atoms with Gasteiger partial charge in [0.25, 0.3) is 0 Å². The van der Waals surface area contributed by atoms with E-state index in [-0.39, 0.29) is 13.2 Å². The number of hydrogen-bond donors (Lipinski definition) is 8. The lowest BCUT2D eigenvalue weighted by Gasteiger charge is -2.27. The van der Waals surface area contributed by atoms with Gasteiger partial charge in [0.1, 0.15) is 71.2 Å². The van der Waals surface area contributed by atoms with Crippen LogP contribution in [-0.4, -0.2) is 122 Å². The smallest absolute Gasteiger partial charge is 0.167 e. The zero-order chi connectivity index (χ0) is 32.4. The summed E-state index contributed by atoms with van der Waals surface area (Å²) in [6.07, 6.45) is 8.57. The molecule has 4 aliphatic heterocycles. The molecule has 16 nitrogen and oxygen atoms in total. The van der Waals surface area contributed by atoms with Crippen LogP contribution in [0, 0.1) is 0 Å². The zero-order valence-corrected chi connectivity index (χ0v) is 25.1. The molecule has 46 heavy (non-hydrogen) atoms. The minimum atomic E-state index is -1.55. The van der Waals surface area contributed by atoms with E-state index in [1.165, 1.54) is 26.5 Å². The van der Waals surface area contributed by atoms with Gasteiger partial charge in [0.05, 0.1) is 24.0 Å². The van der Waals surface area contributed by atoms with Crippen LogP contribution in [0.4, 0.5) is 11.6 Å². The van der Waals surface area contributed by atoms with E-state index >= 15 is 0 Å². The molecule has 0 spiro atoms. The van der Waals surface area contributed by atoms with E-state index in [2.05, 4.69) is 30.6 Å². The van der Waals surface area contributed by atoms with Crippen molar-refractivity contribution in [3.63, 3.8) is 0 Å². The Labute approximate surface area is 262 Å². The molecule has 0 aromatic carbocycles. The highest BCUT2D eigenvalue weighted by Crippen LogP contribution is 2.43. The van der Waals surface area contributed by atoms with Crippen LogP contribution in [0.2, 0.25) is 0 Å². The van der Waals surface area contributed by atoms with Gasteiger partial charge in [-0.15, -0.1) is 0 Å². The van der Waals surface area contributed by atoms with E-state index in [0.29, 0.717) is 36.0 Å². The molecule has 0 saturated carbocycles. The summed E-state index contributed by atoms with van der Waals surface area (Å²) < 4.78 is 14.8. The molecule has 0 aliphatic carbocycles. The van der Waals surface area contributed by atoms with Gasteiger partial charge in [-0.1, -0.05) is 24.3 Å². The van der Waals surface area contributed by atoms with Crippen LogP contribution in [0.25, 0.3) is 34.2 Å². The summed E-state index contributed by atoms with van der Waals surface area (Å²) in [4.78, 5) is 17.1. The van der Waals surface area contributed by atoms with Crippen LogP contribution in [0.3, 0.4) is 0 Å². The first kappa shape index (κ1) is 30.6. The average Bonchev–Trinajstić information content (AvgIpc) is 3.61. The van der Waals surface area contributed by atoms with Crippen molar-refractivity contribution < 1.29 is 40.1 Å². The second-order valence-corrected chi connectivity index (χ2v) is 12.2. The lowest BCUT2D eigenvalue weighted by atomic mass is 9.96. The lowest BCUT2D eigenvalue weighted by molar-refractivity contribution is -0.0948. The minimum Gasteiger partial charge on any atom is -0.394 e. The molecular formula is C30H36N8O8. The second kappa shape index (κ2) is 11.4. The molecule has 2 saturated heterocycles. The Hall–Kier alpha value is -4.00. The molecule has 2 fully saturated rings. The monoisotopic (exact) mass is 636 g/mol. The molecule has 2 unspecified atom stereocenters. The molecule has 0 bridgehead atoms. The van der Waals surface area contributed by atoms with Crippen molar-refractivity contribution in [1.82, 2.24) is 29.1 Å². The number of ether oxygens (including phenoxy) is 2. The van der Waals surface area contributed by atoms with Crippen LogP contribution in [-0.2, 0) is 9.47 Å². The Bertz CT molecular complexity index is 1700. The summed E-state index contributed by atoms with van der Waals surface area (Å²) in [5.41, 5.74) is -0.101. The van der Waals surface area contributed by atoms with Crippen molar-refractivity contribution >= 4 is 45.9 Å². The first-order valence-corrected chi connectivity index (χ1v) is 14.9. The van der Waals surface area contributed by atoms with Crippen LogP contribution in [0.1, 0.15) is 37.4 Å². The third-order valence-corrected chi connectivity index (χ3v) is 9.02. The quantitative estimate of drug-likeness (QED) is 0.145. The topological polar surface area (TPSA) is 225 Å². The normalized spacial score (nSPS) is 33.0. The minimum absolute atomic E-state index is 0.373. The Balaban J connectivity index is 0.000000147. The van der Waals surface area contributed by atoms with Crippen LogP contribution in [0.15, 0.2) is 37.2 Å². The fourth-order valence-electron chi connectivity index (χ4n) is 6.57. The molecule has 8 rings (SSSR count). The Morgan fingerprint density at radius 3 is 1.52 bits per heavy atom. The standard InChI is InChI=1S/2C15H18N4O4/c2*1-15(22)11(21)9(6-20)23-14(15)19-5-8-3-2-4-16-12-10(8)13(19)18-7-17-12/h2*2-3,5,7,9,11,14,20-22H,4,6H2,1H3,(H,16,17,18)/t9-,11+,14-,15?;9-,11-,14?,15-/m11/s1. The predicted octanol–water partition coefficient (Wildman–Crippen LogP) is -0.257. The number of hydrogen-bond acceptors (Lipinski definition) is 14. The highest BCUT2D eigenvalue weighted by molar-refractivity contribution is 5.97. The summed E-state index contributed by atoms with van der Waals surface area (Å²) >= 11 is 0. The van der Waals surface area contributed by atoms with Crippen molar-refractivity contribution in [3.8, 4) is 0 Å². The van der Waals surface area contributed by atoms with Gasteiger partial charge in [0.15, 0.2) is 12.5 Å². The van der Waals surface area contributed by atoms with E-state index in [4.69, 9.17) is 9.47 Å². The molecule has 0 amide bonds. The van der Waals surface area contributed by atoms with Crippen LogP contribution in [0.5, 0.6) is 0 Å². The summed E-state index contributed by atoms with van der Waals surface area (Å²) in [6.45, 7) is 3.58. The van der Waals surface area contributed by atoms with E-state index < -0.39 is 48.1 Å². The first-order valence-electron chi connectivity index (χ1n) is 14.9. The van der Waals surface area contributed by atoms with Gasteiger partial charge in [-0.3, -0.25) is 0 Å². The summed E-state index contributed by atoms with van der Waals surface area (Å²) in [6, 6.07) is 0. The Morgan fingerprint density at radius 1 is 0.739 bits per heavy atom. The van der Waals surface area contributed by atoms with Crippen molar-refractivity contribution in [2.75, 3.05) is 36.9 Å². The fraction of sp³-hybridized carbons (Fsp3) is 0.467. The number of nitrogens with zero attached hydrogens (tertiary/aromatic N) is 6. The third kappa shape index (κ3) is 4.68. The number of aromatic nitrogens is 6. The predicted molar refractivity (Wildman–Crippen MR) is 165 cm³/mol. The molecule has 4 aromatic rings. The lowest BCUT2D eigenvalue weighted by Crippen LogP contribution is -2.44. The first-order chi connectivity index (χ1) is 22.1. The number of anilines is 2. The summed E-state index contributed by atoms with van der Waals surface area (Å²) in [5, 5.41) is 68.5. The van der Waals surface area contributed by atoms with Crippen LogP contribution < -0.4 is 10.6 Å². The van der Waals surface area contributed by atoms with Crippen molar-refractivity contribution in [1.29, 1.82) is 0 Å². The molecule has 244 valence electrons. The highest BCUT2D eigenvalue weighted by atomic mass is 16.6. The van der Waals surface area contributed by atoms with Crippen molar-refractivity contribution in [2.45, 2.75) is 61.9 Å². The van der Waals surface area contributed by atoms with E-state index in [9.17, 15) is 30.6 Å². The van der Waals surface area contributed by atoms with Gasteiger partial charge < -0.3 is 59.9 Å². The van der Waals surface area contributed by atoms with Gasteiger partial charge >= 0.3 is 0 Å². The van der Waals surface area contributed by atoms with E-state index in [0.717, 1.165) is 21.9 Å². The largest absolute Gasteiger partial charge is 0.394 e. The number of aliphatic hydroxyl groups excluding tert-OH is 4. The second-order valence-electron chi connectivity index (χ2n) is 12.2. The summed E-state index contributed by atoms with van der Waals surface area (Å²) in [5.74, 6) is 1.43. The maximum absolute atomic E-state index is 10.7. The maximum Gasteiger partial charge on any atom is 0.167 e. The molecule has 4 aliphatic rings. The average molecular weight is 637 g/mol. The summed E-state index contributed by atoms with van der Waals surface area (Å²) in [7, 11) is 0. The zero-order valence-electron chi connectivity index (χ0n) is 25.1. The van der Waals surface area contributed by atoms with Gasteiger partial charge in [0, 0.05) is 36.6 Å². The molecule has 8 atom stereocenters. The maximum atomic E-state index is 10.7. The van der Waals surface area contributed by atoms with E-state index in [1.807, 2.05) is 36.7 Å².